The van der Waals surface area contributed by atoms with Gasteiger partial charge < -0.3 is 5.11 Å². The van der Waals surface area contributed by atoms with Crippen LogP contribution >= 0.6 is 0 Å². The van der Waals surface area contributed by atoms with Gasteiger partial charge in [0.15, 0.2) is 0 Å². The summed E-state index contributed by atoms with van der Waals surface area (Å²) >= 11 is 0. The summed E-state index contributed by atoms with van der Waals surface area (Å²) in [5, 5.41) is 9.75. The Morgan fingerprint density at radius 2 is 1.90 bits per heavy atom. The molecule has 4 unspecified atom stereocenters. The third-order valence-electron chi connectivity index (χ3n) is 6.32. The van der Waals surface area contributed by atoms with Crippen LogP contribution in [-0.2, 0) is 4.79 Å². The Balaban J connectivity index is 2.16. The minimum Gasteiger partial charge on any atom is -0.481 e. The highest BCUT2D eigenvalue weighted by Gasteiger charge is 2.50. The van der Waals surface area contributed by atoms with Gasteiger partial charge in [-0.3, -0.25) is 9.69 Å². The number of nitrogens with zero attached hydrogens (tertiary/aromatic N) is 1. The van der Waals surface area contributed by atoms with Crippen LogP contribution < -0.4 is 0 Å². The Kier molecular flexibility index (Phi) is 5.02. The van der Waals surface area contributed by atoms with E-state index < -0.39 is 11.4 Å². The third-order valence-corrected chi connectivity index (χ3v) is 6.32. The molecule has 0 radical (unpaired) electrons. The van der Waals surface area contributed by atoms with Crippen LogP contribution in [0, 0.1) is 29.1 Å². The van der Waals surface area contributed by atoms with Crippen LogP contribution in [0.5, 0.6) is 0 Å². The van der Waals surface area contributed by atoms with E-state index in [9.17, 15) is 9.90 Å². The maximum Gasteiger partial charge on any atom is 0.311 e. The number of carboxylic acid groups (broad SMARTS) is 1. The molecule has 21 heavy (non-hydrogen) atoms. The van der Waals surface area contributed by atoms with Gasteiger partial charge in [-0.25, -0.2) is 0 Å². The zero-order chi connectivity index (χ0) is 15.8. The molecule has 0 aromatic rings. The van der Waals surface area contributed by atoms with Crippen LogP contribution in [0.2, 0.25) is 0 Å². The van der Waals surface area contributed by atoms with Gasteiger partial charge in [0.1, 0.15) is 0 Å². The maximum absolute atomic E-state index is 11.8. The lowest BCUT2D eigenvalue weighted by atomic mass is 9.73. The molecule has 1 aliphatic heterocycles. The van der Waals surface area contributed by atoms with E-state index in [-0.39, 0.29) is 5.92 Å². The van der Waals surface area contributed by atoms with E-state index in [1.807, 2.05) is 0 Å². The molecule has 3 heteroatoms. The number of hydrogen-bond donors (Lipinski definition) is 1. The fourth-order valence-corrected chi connectivity index (χ4v) is 4.61. The van der Waals surface area contributed by atoms with Crippen LogP contribution in [0.3, 0.4) is 0 Å². The SMILES string of the molecule is CC1CCC(C(C)C)C(N2CCC(C(=O)O)(C(C)C)C2)C1. The number of aliphatic carboxylic acids is 1. The van der Waals surface area contributed by atoms with Crippen molar-refractivity contribution < 1.29 is 9.90 Å². The Morgan fingerprint density at radius 3 is 2.38 bits per heavy atom. The first kappa shape index (κ1) is 16.8. The van der Waals surface area contributed by atoms with E-state index in [1.54, 1.807) is 0 Å². The van der Waals surface area contributed by atoms with Crippen molar-refractivity contribution in [3.63, 3.8) is 0 Å². The summed E-state index contributed by atoms with van der Waals surface area (Å²) in [6, 6.07) is 0.591. The van der Waals surface area contributed by atoms with Gasteiger partial charge in [0.05, 0.1) is 5.41 Å². The van der Waals surface area contributed by atoms with Crippen molar-refractivity contribution in [2.45, 2.75) is 66.3 Å². The number of carbonyl (C=O) groups is 1. The molecular weight excluding hydrogens is 262 g/mol. The average molecular weight is 295 g/mol. The van der Waals surface area contributed by atoms with Gasteiger partial charge in [-0.15, -0.1) is 0 Å². The summed E-state index contributed by atoms with van der Waals surface area (Å²) in [4.78, 5) is 14.4. The molecule has 0 amide bonds. The number of likely N-dealkylation sites (tertiary alicyclic amines) is 1. The van der Waals surface area contributed by atoms with E-state index in [1.165, 1.54) is 19.3 Å². The average Bonchev–Trinajstić information content (AvgIpc) is 2.84. The first-order chi connectivity index (χ1) is 9.78. The number of rotatable bonds is 4. The van der Waals surface area contributed by atoms with Crippen molar-refractivity contribution >= 4 is 5.97 Å². The van der Waals surface area contributed by atoms with Gasteiger partial charge in [0.25, 0.3) is 0 Å². The minimum absolute atomic E-state index is 0.207. The van der Waals surface area contributed by atoms with Crippen molar-refractivity contribution in [3.05, 3.63) is 0 Å². The largest absolute Gasteiger partial charge is 0.481 e. The lowest BCUT2D eigenvalue weighted by Crippen LogP contribution is -2.47. The summed E-state index contributed by atoms with van der Waals surface area (Å²) in [6.07, 6.45) is 4.70. The Labute approximate surface area is 130 Å². The molecular formula is C18H33NO2. The second-order valence-electron chi connectivity index (χ2n) is 8.23. The zero-order valence-corrected chi connectivity index (χ0v) is 14.4. The smallest absolute Gasteiger partial charge is 0.311 e. The van der Waals surface area contributed by atoms with E-state index in [2.05, 4.69) is 39.5 Å². The van der Waals surface area contributed by atoms with Crippen LogP contribution in [0.15, 0.2) is 0 Å². The highest BCUT2D eigenvalue weighted by Crippen LogP contribution is 2.44. The van der Waals surface area contributed by atoms with Crippen molar-refractivity contribution in [3.8, 4) is 0 Å². The normalized spacial score (nSPS) is 38.3. The van der Waals surface area contributed by atoms with Gasteiger partial charge in [0.2, 0.25) is 0 Å². The molecule has 0 aromatic carbocycles. The lowest BCUT2D eigenvalue weighted by molar-refractivity contribution is -0.151. The molecule has 0 spiro atoms. The number of hydrogen-bond acceptors (Lipinski definition) is 2. The number of carboxylic acids is 1. The molecule has 1 aliphatic carbocycles. The molecule has 1 N–H and O–H groups in total. The zero-order valence-electron chi connectivity index (χ0n) is 14.4. The summed E-state index contributed by atoms with van der Waals surface area (Å²) in [7, 11) is 0. The fourth-order valence-electron chi connectivity index (χ4n) is 4.61. The maximum atomic E-state index is 11.8. The van der Waals surface area contributed by atoms with Crippen LogP contribution in [0.1, 0.15) is 60.3 Å². The quantitative estimate of drug-likeness (QED) is 0.855. The monoisotopic (exact) mass is 295 g/mol. The highest BCUT2D eigenvalue weighted by atomic mass is 16.4. The van der Waals surface area contributed by atoms with Gasteiger partial charge in [-0.05, 0) is 49.5 Å². The molecule has 4 atom stereocenters. The van der Waals surface area contributed by atoms with E-state index in [0.717, 1.165) is 31.3 Å². The van der Waals surface area contributed by atoms with E-state index in [4.69, 9.17) is 0 Å². The Hall–Kier alpha value is -0.570. The molecule has 2 fully saturated rings. The van der Waals surface area contributed by atoms with Crippen LogP contribution in [-0.4, -0.2) is 35.1 Å². The highest BCUT2D eigenvalue weighted by molar-refractivity contribution is 5.75. The van der Waals surface area contributed by atoms with Gasteiger partial charge in [-0.1, -0.05) is 41.0 Å². The summed E-state index contributed by atoms with van der Waals surface area (Å²) in [5.41, 5.74) is -0.526. The van der Waals surface area contributed by atoms with Crippen LogP contribution in [0.25, 0.3) is 0 Å². The van der Waals surface area contributed by atoms with Gasteiger partial charge in [0, 0.05) is 12.6 Å². The third kappa shape index (κ3) is 3.13. The molecule has 0 bridgehead atoms. The molecule has 1 saturated heterocycles. The van der Waals surface area contributed by atoms with Crippen molar-refractivity contribution in [1.82, 2.24) is 4.90 Å². The second-order valence-corrected chi connectivity index (χ2v) is 8.23. The van der Waals surface area contributed by atoms with Crippen molar-refractivity contribution in [2.24, 2.45) is 29.1 Å². The molecule has 1 heterocycles. The van der Waals surface area contributed by atoms with E-state index in [0.29, 0.717) is 12.0 Å². The predicted molar refractivity (Wildman–Crippen MR) is 86.2 cm³/mol. The fraction of sp³-hybridized carbons (Fsp3) is 0.944. The standard InChI is InChI=1S/C18H33NO2/c1-12(2)15-7-6-14(5)10-16(15)19-9-8-18(11-19,13(3)4)17(20)21/h12-16H,6-11H2,1-5H3,(H,20,21). The predicted octanol–water partition coefficient (Wildman–Crippen LogP) is 3.88. The topological polar surface area (TPSA) is 40.5 Å². The molecule has 3 nitrogen and oxygen atoms in total. The Morgan fingerprint density at radius 1 is 1.24 bits per heavy atom. The first-order valence-electron chi connectivity index (χ1n) is 8.75. The molecule has 122 valence electrons. The molecule has 2 rings (SSSR count). The Bertz CT molecular complexity index is 379. The lowest BCUT2D eigenvalue weighted by Gasteiger charge is -2.43. The first-order valence-corrected chi connectivity index (χ1v) is 8.75. The van der Waals surface area contributed by atoms with Crippen LogP contribution in [0.4, 0.5) is 0 Å². The minimum atomic E-state index is -0.593. The van der Waals surface area contributed by atoms with E-state index >= 15 is 0 Å². The molecule has 2 aliphatic rings. The van der Waals surface area contributed by atoms with Gasteiger partial charge in [-0.2, -0.15) is 0 Å². The van der Waals surface area contributed by atoms with Crippen molar-refractivity contribution in [2.75, 3.05) is 13.1 Å². The molecule has 0 aromatic heterocycles. The summed E-state index contributed by atoms with van der Waals surface area (Å²) < 4.78 is 0. The summed E-state index contributed by atoms with van der Waals surface area (Å²) in [6.45, 7) is 12.9. The van der Waals surface area contributed by atoms with Crippen molar-refractivity contribution in [1.29, 1.82) is 0 Å². The van der Waals surface area contributed by atoms with Gasteiger partial charge >= 0.3 is 5.97 Å². The molecule has 1 saturated carbocycles. The summed E-state index contributed by atoms with van der Waals surface area (Å²) in [5.74, 6) is 1.83. The second kappa shape index (κ2) is 6.28.